The van der Waals surface area contributed by atoms with Crippen LogP contribution in [-0.2, 0) is 5.75 Å². The molecule has 2 rings (SSSR count). The van der Waals surface area contributed by atoms with E-state index in [1.807, 2.05) is 6.07 Å². The van der Waals surface area contributed by atoms with E-state index in [1.165, 1.54) is 30.0 Å². The Morgan fingerprint density at radius 1 is 1.33 bits per heavy atom. The number of carboxylic acids is 1. The highest BCUT2D eigenvalue weighted by atomic mass is 32.2. The van der Waals surface area contributed by atoms with Crippen molar-refractivity contribution in [3.05, 3.63) is 64.5 Å². The van der Waals surface area contributed by atoms with Crippen molar-refractivity contribution in [2.45, 2.75) is 17.6 Å². The van der Waals surface area contributed by atoms with Gasteiger partial charge < -0.3 is 5.11 Å². The molecule has 0 saturated heterocycles. The summed E-state index contributed by atoms with van der Waals surface area (Å²) in [5.74, 6) is -1.01. The summed E-state index contributed by atoms with van der Waals surface area (Å²) in [6, 6.07) is 11.3. The number of hydrogen-bond acceptors (Lipinski definition) is 3. The molecule has 2 aromatic carbocycles. The summed E-state index contributed by atoms with van der Waals surface area (Å²) < 4.78 is 13.7. The van der Waals surface area contributed by atoms with E-state index in [-0.39, 0.29) is 11.4 Å². The minimum atomic E-state index is -0.979. The molecule has 2 aromatic rings. The van der Waals surface area contributed by atoms with Gasteiger partial charge in [-0.25, -0.2) is 9.18 Å². The van der Waals surface area contributed by atoms with Gasteiger partial charge in [0.25, 0.3) is 0 Å². The number of carbonyl (C=O) groups is 1. The lowest BCUT2D eigenvalue weighted by molar-refractivity contribution is 0.0696. The SMILES string of the molecule is Cc1ccc(SCc2cc(C#N)ccc2F)cc1C(=O)O. The molecule has 0 atom stereocenters. The van der Waals surface area contributed by atoms with Gasteiger partial charge in [0, 0.05) is 10.6 Å². The normalized spacial score (nSPS) is 10.1. The second-order valence-electron chi connectivity index (χ2n) is 4.49. The minimum absolute atomic E-state index is 0.242. The van der Waals surface area contributed by atoms with E-state index in [9.17, 15) is 9.18 Å². The lowest BCUT2D eigenvalue weighted by Crippen LogP contribution is -1.99. The van der Waals surface area contributed by atoms with Crippen molar-refractivity contribution in [3.8, 4) is 6.07 Å². The monoisotopic (exact) mass is 301 g/mol. The molecule has 0 aromatic heterocycles. The Bertz CT molecular complexity index is 738. The molecule has 1 N–H and O–H groups in total. The molecule has 0 spiro atoms. The fourth-order valence-electron chi connectivity index (χ4n) is 1.84. The number of benzene rings is 2. The van der Waals surface area contributed by atoms with Crippen molar-refractivity contribution >= 4 is 17.7 Å². The van der Waals surface area contributed by atoms with Gasteiger partial charge in [0.15, 0.2) is 0 Å². The second-order valence-corrected chi connectivity index (χ2v) is 5.54. The van der Waals surface area contributed by atoms with Crippen LogP contribution in [0.15, 0.2) is 41.3 Å². The number of nitriles is 1. The topological polar surface area (TPSA) is 61.1 Å². The molecule has 0 fully saturated rings. The first kappa shape index (κ1) is 15.1. The lowest BCUT2D eigenvalue weighted by Gasteiger charge is -2.07. The number of rotatable bonds is 4. The van der Waals surface area contributed by atoms with Gasteiger partial charge in [-0.1, -0.05) is 6.07 Å². The largest absolute Gasteiger partial charge is 0.478 e. The summed E-state index contributed by atoms with van der Waals surface area (Å²) in [4.78, 5) is 11.8. The first-order valence-corrected chi connectivity index (χ1v) is 7.15. The van der Waals surface area contributed by atoms with Crippen LogP contribution in [0.25, 0.3) is 0 Å². The molecule has 21 heavy (non-hydrogen) atoms. The highest BCUT2D eigenvalue weighted by Crippen LogP contribution is 2.26. The third-order valence-electron chi connectivity index (χ3n) is 3.01. The number of thioether (sulfide) groups is 1. The first-order valence-electron chi connectivity index (χ1n) is 6.16. The molecule has 3 nitrogen and oxygen atoms in total. The van der Waals surface area contributed by atoms with E-state index >= 15 is 0 Å². The van der Waals surface area contributed by atoms with E-state index in [0.717, 1.165) is 4.90 Å². The molecule has 0 aliphatic rings. The smallest absolute Gasteiger partial charge is 0.335 e. The van der Waals surface area contributed by atoms with Crippen LogP contribution in [0.1, 0.15) is 27.0 Å². The van der Waals surface area contributed by atoms with Gasteiger partial charge in [-0.2, -0.15) is 5.26 Å². The van der Waals surface area contributed by atoms with Crippen molar-refractivity contribution in [3.63, 3.8) is 0 Å². The Labute approximate surface area is 126 Å². The molecule has 0 bridgehead atoms. The van der Waals surface area contributed by atoms with Crippen LogP contribution >= 0.6 is 11.8 Å². The molecule has 0 unspecified atom stereocenters. The predicted octanol–water partition coefficient (Wildman–Crippen LogP) is 4.00. The molecule has 0 radical (unpaired) electrons. The van der Waals surface area contributed by atoms with Gasteiger partial charge in [-0.05, 0) is 48.4 Å². The fraction of sp³-hybridized carbons (Fsp3) is 0.125. The third-order valence-corrected chi connectivity index (χ3v) is 4.05. The number of aryl methyl sites for hydroxylation is 1. The van der Waals surface area contributed by atoms with Gasteiger partial charge in [0.1, 0.15) is 5.82 Å². The Hall–Kier alpha value is -2.32. The van der Waals surface area contributed by atoms with E-state index in [2.05, 4.69) is 0 Å². The fourth-order valence-corrected chi connectivity index (χ4v) is 2.75. The van der Waals surface area contributed by atoms with Crippen LogP contribution in [0.5, 0.6) is 0 Å². The highest BCUT2D eigenvalue weighted by molar-refractivity contribution is 7.98. The zero-order valence-corrected chi connectivity index (χ0v) is 12.1. The predicted molar refractivity (Wildman–Crippen MR) is 78.8 cm³/mol. The van der Waals surface area contributed by atoms with Gasteiger partial charge in [0.2, 0.25) is 0 Å². The summed E-state index contributed by atoms with van der Waals surface area (Å²) in [7, 11) is 0. The zero-order valence-electron chi connectivity index (χ0n) is 11.3. The molecule has 0 aliphatic heterocycles. The molecule has 0 aliphatic carbocycles. The Morgan fingerprint density at radius 2 is 2.10 bits per heavy atom. The second kappa shape index (κ2) is 6.42. The van der Waals surface area contributed by atoms with Gasteiger partial charge in [-0.3, -0.25) is 0 Å². The van der Waals surface area contributed by atoms with Crippen molar-refractivity contribution in [2.24, 2.45) is 0 Å². The average Bonchev–Trinajstić information content (AvgIpc) is 2.47. The highest BCUT2D eigenvalue weighted by Gasteiger charge is 2.09. The maximum absolute atomic E-state index is 13.7. The van der Waals surface area contributed by atoms with Crippen LogP contribution in [0.4, 0.5) is 4.39 Å². The summed E-state index contributed by atoms with van der Waals surface area (Å²) in [6.07, 6.45) is 0. The minimum Gasteiger partial charge on any atom is -0.478 e. The Morgan fingerprint density at radius 3 is 2.76 bits per heavy atom. The van der Waals surface area contributed by atoms with E-state index in [1.54, 1.807) is 25.1 Å². The van der Waals surface area contributed by atoms with Crippen LogP contribution in [0.3, 0.4) is 0 Å². The molecular formula is C16H12FNO2S. The number of carboxylic acid groups (broad SMARTS) is 1. The van der Waals surface area contributed by atoms with Crippen molar-refractivity contribution in [2.75, 3.05) is 0 Å². The van der Waals surface area contributed by atoms with Crippen molar-refractivity contribution < 1.29 is 14.3 Å². The van der Waals surface area contributed by atoms with Crippen LogP contribution in [0.2, 0.25) is 0 Å². The van der Waals surface area contributed by atoms with Crippen molar-refractivity contribution in [1.82, 2.24) is 0 Å². The summed E-state index contributed by atoms with van der Waals surface area (Å²) in [5.41, 5.74) is 1.76. The average molecular weight is 301 g/mol. The van der Waals surface area contributed by atoms with E-state index in [0.29, 0.717) is 22.4 Å². The van der Waals surface area contributed by atoms with Crippen LogP contribution in [-0.4, -0.2) is 11.1 Å². The molecule has 0 amide bonds. The maximum Gasteiger partial charge on any atom is 0.335 e. The number of halogens is 1. The third kappa shape index (κ3) is 3.61. The number of hydrogen-bond donors (Lipinski definition) is 1. The van der Waals surface area contributed by atoms with Gasteiger partial charge in [0.05, 0.1) is 17.2 Å². The Balaban J connectivity index is 2.19. The number of aromatic carboxylic acids is 1. The van der Waals surface area contributed by atoms with E-state index in [4.69, 9.17) is 10.4 Å². The standard InChI is InChI=1S/C16H12FNO2S/c1-10-2-4-13(7-14(10)16(19)20)21-9-12-6-11(8-18)3-5-15(12)17/h2-7H,9H2,1H3,(H,19,20). The molecule has 0 heterocycles. The summed E-state index contributed by atoms with van der Waals surface area (Å²) in [6.45, 7) is 1.73. The molecular weight excluding hydrogens is 289 g/mol. The maximum atomic E-state index is 13.7. The lowest BCUT2D eigenvalue weighted by atomic mass is 10.1. The van der Waals surface area contributed by atoms with Crippen LogP contribution < -0.4 is 0 Å². The van der Waals surface area contributed by atoms with E-state index < -0.39 is 5.97 Å². The van der Waals surface area contributed by atoms with Crippen molar-refractivity contribution in [1.29, 1.82) is 5.26 Å². The van der Waals surface area contributed by atoms with Gasteiger partial charge in [-0.15, -0.1) is 11.8 Å². The van der Waals surface area contributed by atoms with Gasteiger partial charge >= 0.3 is 5.97 Å². The summed E-state index contributed by atoms with van der Waals surface area (Å²) >= 11 is 1.33. The first-order chi connectivity index (χ1) is 10.0. The summed E-state index contributed by atoms with van der Waals surface area (Å²) in [5, 5.41) is 17.9. The number of nitrogens with zero attached hydrogens (tertiary/aromatic N) is 1. The molecule has 5 heteroatoms. The molecule has 0 saturated carbocycles. The van der Waals surface area contributed by atoms with Crippen LogP contribution in [0, 0.1) is 24.1 Å². The zero-order chi connectivity index (χ0) is 15.4. The molecule has 106 valence electrons. The Kier molecular flexibility index (Phi) is 4.61. The quantitative estimate of drug-likeness (QED) is 0.867.